The third kappa shape index (κ3) is 4.25. The molecule has 0 radical (unpaired) electrons. The van der Waals surface area contributed by atoms with Crippen LogP contribution in [0.5, 0.6) is 0 Å². The Balaban J connectivity index is 1.42. The van der Waals surface area contributed by atoms with Crippen LogP contribution in [0, 0.1) is 0 Å². The van der Waals surface area contributed by atoms with Crippen LogP contribution < -0.4 is 21.5 Å². The molecule has 2 aromatic carbocycles. The van der Waals surface area contributed by atoms with Gasteiger partial charge in [-0.25, -0.2) is 4.79 Å². The van der Waals surface area contributed by atoms with Crippen molar-refractivity contribution in [3.8, 4) is 0 Å². The molecule has 1 aliphatic heterocycles. The summed E-state index contributed by atoms with van der Waals surface area (Å²) in [6.07, 6.45) is 0. The maximum Gasteiger partial charge on any atom is 0.328 e. The van der Waals surface area contributed by atoms with Crippen molar-refractivity contribution >= 4 is 22.5 Å². The van der Waals surface area contributed by atoms with Crippen LogP contribution in [0.2, 0.25) is 0 Å². The monoisotopic (exact) mass is 421 g/mol. The molecule has 8 nitrogen and oxygen atoms in total. The lowest BCUT2D eigenvalue weighted by molar-refractivity contribution is 0.0963. The molecule has 1 aromatic heterocycles. The highest BCUT2D eigenvalue weighted by Gasteiger charge is 2.18. The van der Waals surface area contributed by atoms with Gasteiger partial charge in [0, 0.05) is 57.6 Å². The van der Waals surface area contributed by atoms with Crippen molar-refractivity contribution in [1.29, 1.82) is 0 Å². The van der Waals surface area contributed by atoms with Gasteiger partial charge in [0.25, 0.3) is 11.5 Å². The summed E-state index contributed by atoms with van der Waals surface area (Å²) in [4.78, 5) is 43.7. The highest BCUT2D eigenvalue weighted by molar-refractivity contribution is 5.94. The van der Waals surface area contributed by atoms with E-state index in [1.54, 1.807) is 20.0 Å². The summed E-state index contributed by atoms with van der Waals surface area (Å²) in [7, 11) is 1.63. The predicted molar refractivity (Wildman–Crippen MR) is 122 cm³/mol. The molecule has 1 saturated heterocycles. The molecule has 162 valence electrons. The van der Waals surface area contributed by atoms with E-state index in [1.807, 2.05) is 36.4 Å². The molecule has 0 bridgehead atoms. The van der Waals surface area contributed by atoms with E-state index in [4.69, 9.17) is 0 Å². The van der Waals surface area contributed by atoms with Gasteiger partial charge >= 0.3 is 5.69 Å². The molecule has 31 heavy (non-hydrogen) atoms. The largest absolute Gasteiger partial charge is 0.369 e. The summed E-state index contributed by atoms with van der Waals surface area (Å²) in [6, 6.07) is 13.4. The second kappa shape index (κ2) is 8.77. The first-order valence-electron chi connectivity index (χ1n) is 10.6. The first-order valence-corrected chi connectivity index (χ1v) is 10.6. The zero-order valence-corrected chi connectivity index (χ0v) is 17.9. The number of amides is 1. The summed E-state index contributed by atoms with van der Waals surface area (Å²) in [5.74, 6) is -0.0817. The minimum absolute atomic E-state index is 0.0817. The fourth-order valence-electron chi connectivity index (χ4n) is 4.08. The molecule has 0 spiro atoms. The van der Waals surface area contributed by atoms with Gasteiger partial charge in [-0.05, 0) is 48.9 Å². The van der Waals surface area contributed by atoms with Crippen molar-refractivity contribution in [1.82, 2.24) is 19.8 Å². The fourth-order valence-corrected chi connectivity index (χ4v) is 4.08. The number of carbonyl (C=O) groups excluding carboxylic acids is 1. The Kier molecular flexibility index (Phi) is 5.90. The van der Waals surface area contributed by atoms with E-state index < -0.39 is 0 Å². The third-order valence-corrected chi connectivity index (χ3v) is 5.86. The van der Waals surface area contributed by atoms with Crippen LogP contribution in [0.15, 0.2) is 52.1 Å². The summed E-state index contributed by atoms with van der Waals surface area (Å²) in [5, 5.41) is 3.17. The zero-order valence-electron chi connectivity index (χ0n) is 17.9. The van der Waals surface area contributed by atoms with Gasteiger partial charge < -0.3 is 15.2 Å². The van der Waals surface area contributed by atoms with E-state index in [0.717, 1.165) is 44.0 Å². The van der Waals surface area contributed by atoms with Gasteiger partial charge in [0.05, 0.1) is 10.9 Å². The van der Waals surface area contributed by atoms with Crippen LogP contribution >= 0.6 is 0 Å². The summed E-state index contributed by atoms with van der Waals surface area (Å²) in [6.45, 7) is 6.50. The number of aromatic amines is 1. The summed E-state index contributed by atoms with van der Waals surface area (Å²) in [5.41, 5.74) is 2.82. The maximum absolute atomic E-state index is 12.4. The highest BCUT2D eigenvalue weighted by atomic mass is 16.2. The molecule has 0 saturated carbocycles. The number of fused-ring (bicyclic) bond motifs is 1. The number of nitrogens with one attached hydrogen (secondary N) is 2. The molecule has 3 aromatic rings. The van der Waals surface area contributed by atoms with Crippen molar-refractivity contribution in [2.24, 2.45) is 0 Å². The molecule has 2 heterocycles. The van der Waals surface area contributed by atoms with Crippen LogP contribution in [-0.4, -0.2) is 53.6 Å². The fraction of sp³-hybridized carbons (Fsp3) is 0.348. The third-order valence-electron chi connectivity index (χ3n) is 5.86. The van der Waals surface area contributed by atoms with E-state index in [9.17, 15) is 14.4 Å². The number of aromatic nitrogens is 2. The standard InChI is InChI=1S/C23H27N5O3/c1-3-28-22(30)19-9-4-16(14-20(19)25-23(28)31)15-26-10-12-27(13-11-26)18-7-5-17(6-8-18)21(29)24-2/h4-9,14H,3,10-13,15H2,1-2H3,(H,24,29)(H,25,31). The number of hydrogen-bond donors (Lipinski definition) is 2. The molecule has 2 N–H and O–H groups in total. The quantitative estimate of drug-likeness (QED) is 0.650. The number of carbonyl (C=O) groups is 1. The Morgan fingerprint density at radius 3 is 2.39 bits per heavy atom. The smallest absolute Gasteiger partial charge is 0.328 e. The van der Waals surface area contributed by atoms with Crippen LogP contribution in [0.3, 0.4) is 0 Å². The van der Waals surface area contributed by atoms with Crippen molar-refractivity contribution in [3.63, 3.8) is 0 Å². The number of benzene rings is 2. The zero-order chi connectivity index (χ0) is 22.0. The lowest BCUT2D eigenvalue weighted by atomic mass is 10.1. The molecule has 0 unspecified atom stereocenters. The minimum atomic E-state index is -0.367. The van der Waals surface area contributed by atoms with Crippen LogP contribution in [0.25, 0.3) is 10.9 Å². The second-order valence-corrected chi connectivity index (χ2v) is 7.75. The molecule has 4 rings (SSSR count). The topological polar surface area (TPSA) is 90.4 Å². The maximum atomic E-state index is 12.4. The molecule has 0 atom stereocenters. The molecule has 1 fully saturated rings. The highest BCUT2D eigenvalue weighted by Crippen LogP contribution is 2.19. The van der Waals surface area contributed by atoms with Crippen LogP contribution in [0.1, 0.15) is 22.8 Å². The lowest BCUT2D eigenvalue weighted by Gasteiger charge is -2.36. The van der Waals surface area contributed by atoms with E-state index in [2.05, 4.69) is 20.1 Å². The first-order chi connectivity index (χ1) is 15.0. The van der Waals surface area contributed by atoms with Crippen LogP contribution in [-0.2, 0) is 13.1 Å². The molecule has 1 amide bonds. The van der Waals surface area contributed by atoms with Gasteiger partial charge in [0.15, 0.2) is 0 Å². The molecule has 1 aliphatic rings. The molecular formula is C23H27N5O3. The second-order valence-electron chi connectivity index (χ2n) is 7.75. The van der Waals surface area contributed by atoms with Gasteiger partial charge in [-0.2, -0.15) is 0 Å². The number of H-pyrrole nitrogens is 1. The Bertz CT molecular complexity index is 1200. The van der Waals surface area contributed by atoms with E-state index in [0.29, 0.717) is 23.0 Å². The van der Waals surface area contributed by atoms with E-state index in [-0.39, 0.29) is 17.2 Å². The number of rotatable bonds is 5. The minimum Gasteiger partial charge on any atom is -0.369 e. The van der Waals surface area contributed by atoms with Crippen LogP contribution in [0.4, 0.5) is 5.69 Å². The SMILES string of the molecule is CCn1c(=O)[nH]c2cc(CN3CCN(c4ccc(C(=O)NC)cc4)CC3)ccc2c1=O. The van der Waals surface area contributed by atoms with E-state index in [1.165, 1.54) is 4.57 Å². The van der Waals surface area contributed by atoms with Crippen molar-refractivity contribution in [3.05, 3.63) is 74.4 Å². The van der Waals surface area contributed by atoms with Gasteiger partial charge in [0.1, 0.15) is 0 Å². The van der Waals surface area contributed by atoms with Crippen molar-refractivity contribution < 1.29 is 4.79 Å². The van der Waals surface area contributed by atoms with Crippen molar-refractivity contribution in [2.45, 2.75) is 20.0 Å². The normalized spacial score (nSPS) is 14.7. The summed E-state index contributed by atoms with van der Waals surface area (Å²) < 4.78 is 1.21. The van der Waals surface area contributed by atoms with Gasteiger partial charge in [-0.3, -0.25) is 19.1 Å². The molecular weight excluding hydrogens is 394 g/mol. The average molecular weight is 422 g/mol. The Morgan fingerprint density at radius 1 is 1.03 bits per heavy atom. The van der Waals surface area contributed by atoms with Gasteiger partial charge in [0.2, 0.25) is 0 Å². The predicted octanol–water partition coefficient (Wildman–Crippen LogP) is 1.39. The Morgan fingerprint density at radius 2 is 1.74 bits per heavy atom. The Hall–Kier alpha value is -3.39. The molecule has 8 heteroatoms. The number of anilines is 1. The first kappa shape index (κ1) is 20.9. The number of piperazine rings is 1. The van der Waals surface area contributed by atoms with Crippen molar-refractivity contribution in [2.75, 3.05) is 38.1 Å². The number of nitrogens with zero attached hydrogens (tertiary/aromatic N) is 3. The number of hydrogen-bond acceptors (Lipinski definition) is 5. The average Bonchev–Trinajstić information content (AvgIpc) is 2.79. The van der Waals surface area contributed by atoms with Gasteiger partial charge in [-0.15, -0.1) is 0 Å². The Labute approximate surface area is 180 Å². The van der Waals surface area contributed by atoms with Gasteiger partial charge in [-0.1, -0.05) is 6.07 Å². The summed E-state index contributed by atoms with van der Waals surface area (Å²) >= 11 is 0. The lowest BCUT2D eigenvalue weighted by Crippen LogP contribution is -2.46. The molecule has 0 aliphatic carbocycles. The van der Waals surface area contributed by atoms with E-state index >= 15 is 0 Å².